The summed E-state index contributed by atoms with van der Waals surface area (Å²) < 4.78 is 0. The Labute approximate surface area is 68.3 Å². The molecule has 0 nitrogen and oxygen atoms in total. The summed E-state index contributed by atoms with van der Waals surface area (Å²) in [5.74, 6) is 0. The fraction of sp³-hybridized carbons (Fsp3) is 0. The Morgan fingerprint density at radius 2 is 1.00 bits per heavy atom. The van der Waals surface area contributed by atoms with Crippen LogP contribution in [0, 0.1) is 0 Å². The SMILES string of the molecule is C=C(Cl)C(=C)Cl.ClCl. The Kier molecular flexibility index (Phi) is 10.9. The van der Waals surface area contributed by atoms with Gasteiger partial charge in [0.15, 0.2) is 0 Å². The van der Waals surface area contributed by atoms with Gasteiger partial charge in [0.1, 0.15) is 0 Å². The van der Waals surface area contributed by atoms with E-state index in [1.54, 1.807) is 0 Å². The molecule has 0 aromatic carbocycles. The molecule has 8 heavy (non-hydrogen) atoms. The Balaban J connectivity index is 0. The molecule has 0 aliphatic carbocycles. The lowest BCUT2D eigenvalue weighted by molar-refractivity contribution is 1.94. The highest BCUT2D eigenvalue weighted by Gasteiger charge is 1.84. The molecular formula is C4H4Cl4. The molecule has 0 unspecified atom stereocenters. The minimum atomic E-state index is 0.302. The topological polar surface area (TPSA) is 0 Å². The van der Waals surface area contributed by atoms with Gasteiger partial charge in [-0.05, 0) is 0 Å². The van der Waals surface area contributed by atoms with E-state index in [2.05, 4.69) is 34.9 Å². The van der Waals surface area contributed by atoms with E-state index in [1.807, 2.05) is 0 Å². The average molecular weight is 194 g/mol. The zero-order valence-electron chi connectivity index (χ0n) is 3.93. The van der Waals surface area contributed by atoms with Gasteiger partial charge in [0.25, 0.3) is 0 Å². The van der Waals surface area contributed by atoms with Gasteiger partial charge in [-0.3, -0.25) is 0 Å². The summed E-state index contributed by atoms with van der Waals surface area (Å²) in [6.45, 7) is 6.58. The van der Waals surface area contributed by atoms with Crippen molar-refractivity contribution in [2.75, 3.05) is 0 Å². The van der Waals surface area contributed by atoms with Crippen LogP contribution in [0.3, 0.4) is 0 Å². The van der Waals surface area contributed by atoms with Crippen molar-refractivity contribution in [3.05, 3.63) is 23.2 Å². The molecule has 0 aromatic rings. The molecule has 0 aromatic heterocycles. The van der Waals surface area contributed by atoms with Crippen molar-refractivity contribution in [2.24, 2.45) is 0 Å². The number of hydrogen-bond acceptors (Lipinski definition) is 0. The lowest BCUT2D eigenvalue weighted by Gasteiger charge is -1.81. The summed E-state index contributed by atoms with van der Waals surface area (Å²) in [4.78, 5) is 0. The van der Waals surface area contributed by atoms with Crippen molar-refractivity contribution in [3.63, 3.8) is 0 Å². The lowest BCUT2D eigenvalue weighted by atomic mass is 10.6. The summed E-state index contributed by atoms with van der Waals surface area (Å²) in [5.41, 5.74) is 0. The predicted octanol–water partition coefficient (Wildman–Crippen LogP) is 3.87. The van der Waals surface area contributed by atoms with Crippen LogP contribution in [0.5, 0.6) is 0 Å². The third-order valence-electron chi connectivity index (χ3n) is 0.294. The highest BCUT2D eigenvalue weighted by Crippen LogP contribution is 2.12. The molecule has 0 bridgehead atoms. The summed E-state index contributed by atoms with van der Waals surface area (Å²) in [7, 11) is 8.22. The van der Waals surface area contributed by atoms with Crippen molar-refractivity contribution in [2.45, 2.75) is 0 Å². The molecule has 4 heteroatoms. The molecule has 0 aliphatic rings. The van der Waals surface area contributed by atoms with Crippen LogP contribution in [-0.2, 0) is 0 Å². The predicted molar refractivity (Wildman–Crippen MR) is 41.7 cm³/mol. The lowest BCUT2D eigenvalue weighted by Crippen LogP contribution is -1.57. The maximum Gasteiger partial charge on any atom is 0.0514 e. The second-order valence-corrected chi connectivity index (χ2v) is 1.72. The molecule has 0 amide bonds. The molecule has 0 aliphatic heterocycles. The Morgan fingerprint density at radius 3 is 1.00 bits per heavy atom. The van der Waals surface area contributed by atoms with E-state index in [9.17, 15) is 0 Å². The zero-order chi connectivity index (χ0) is 7.15. The number of halogens is 4. The van der Waals surface area contributed by atoms with Crippen molar-refractivity contribution in [1.82, 2.24) is 0 Å². The Morgan fingerprint density at radius 1 is 0.875 bits per heavy atom. The van der Waals surface area contributed by atoms with E-state index >= 15 is 0 Å². The summed E-state index contributed by atoms with van der Waals surface area (Å²) in [6.07, 6.45) is 0. The van der Waals surface area contributed by atoms with Gasteiger partial charge in [-0.1, -0.05) is 36.4 Å². The molecular weight excluding hydrogens is 190 g/mol. The molecule has 0 spiro atoms. The minimum Gasteiger partial charge on any atom is -0.0834 e. The maximum atomic E-state index is 5.19. The van der Waals surface area contributed by atoms with Gasteiger partial charge < -0.3 is 0 Å². The van der Waals surface area contributed by atoms with Gasteiger partial charge in [-0.2, -0.15) is 0 Å². The standard InChI is InChI=1S/C4H4Cl2.Cl2/c1-3(5)4(2)6;1-2/h1-2H2;. The summed E-state index contributed by atoms with van der Waals surface area (Å²) >= 11 is 10.4. The van der Waals surface area contributed by atoms with Crippen LogP contribution < -0.4 is 0 Å². The van der Waals surface area contributed by atoms with Crippen molar-refractivity contribution >= 4 is 44.9 Å². The third-order valence-corrected chi connectivity index (χ3v) is 0.847. The van der Waals surface area contributed by atoms with Crippen LogP contribution in [0.25, 0.3) is 0 Å². The molecule has 0 fully saturated rings. The van der Waals surface area contributed by atoms with E-state index in [-0.39, 0.29) is 0 Å². The van der Waals surface area contributed by atoms with Gasteiger partial charge in [-0.25, -0.2) is 0 Å². The first-order chi connectivity index (χ1) is 3.64. The third kappa shape index (κ3) is 9.81. The normalized spacial score (nSPS) is 6.50. The number of rotatable bonds is 1. The van der Waals surface area contributed by atoms with Crippen molar-refractivity contribution in [1.29, 1.82) is 0 Å². The molecule has 0 heterocycles. The second kappa shape index (κ2) is 7.64. The first-order valence-electron chi connectivity index (χ1n) is 1.48. The maximum absolute atomic E-state index is 5.19. The molecule has 0 N–H and O–H groups in total. The molecule has 48 valence electrons. The van der Waals surface area contributed by atoms with Gasteiger partial charge in [-0.15, -0.1) is 0 Å². The van der Waals surface area contributed by atoms with Gasteiger partial charge in [0, 0.05) is 21.7 Å². The smallest absolute Gasteiger partial charge is 0.0514 e. The van der Waals surface area contributed by atoms with E-state index in [4.69, 9.17) is 23.2 Å². The first kappa shape index (κ1) is 11.4. The fourth-order valence-electron chi connectivity index (χ4n) is 0. The van der Waals surface area contributed by atoms with Crippen LogP contribution in [0.1, 0.15) is 0 Å². The Bertz CT molecular complexity index is 74.0. The first-order valence-corrected chi connectivity index (χ1v) is 3.38. The van der Waals surface area contributed by atoms with E-state index < -0.39 is 0 Å². The summed E-state index contributed by atoms with van der Waals surface area (Å²) in [5, 5.41) is 0.605. The monoisotopic (exact) mass is 192 g/mol. The van der Waals surface area contributed by atoms with Crippen LogP contribution in [0.2, 0.25) is 0 Å². The molecule has 0 rings (SSSR count). The van der Waals surface area contributed by atoms with E-state index in [0.29, 0.717) is 10.1 Å². The summed E-state index contributed by atoms with van der Waals surface area (Å²) in [6, 6.07) is 0. The van der Waals surface area contributed by atoms with E-state index in [0.717, 1.165) is 0 Å². The minimum absolute atomic E-state index is 0.302. The fourth-order valence-corrected chi connectivity index (χ4v) is 0. The Hall–Kier alpha value is 0.640. The highest BCUT2D eigenvalue weighted by molar-refractivity contribution is 6.85. The largest absolute Gasteiger partial charge is 0.0834 e. The van der Waals surface area contributed by atoms with Crippen LogP contribution in [0.15, 0.2) is 23.2 Å². The van der Waals surface area contributed by atoms with Crippen molar-refractivity contribution in [3.8, 4) is 0 Å². The molecule has 0 saturated heterocycles. The molecule has 0 radical (unpaired) electrons. The zero-order valence-corrected chi connectivity index (χ0v) is 6.95. The van der Waals surface area contributed by atoms with Gasteiger partial charge >= 0.3 is 0 Å². The quantitative estimate of drug-likeness (QED) is 0.555. The molecule has 0 saturated carbocycles. The van der Waals surface area contributed by atoms with Crippen LogP contribution in [-0.4, -0.2) is 0 Å². The van der Waals surface area contributed by atoms with Gasteiger partial charge in [0.2, 0.25) is 0 Å². The van der Waals surface area contributed by atoms with Crippen molar-refractivity contribution < 1.29 is 0 Å². The van der Waals surface area contributed by atoms with Crippen LogP contribution >= 0.6 is 44.9 Å². The van der Waals surface area contributed by atoms with Gasteiger partial charge in [0.05, 0.1) is 10.1 Å². The number of allylic oxidation sites excluding steroid dienone is 2. The average Bonchev–Trinajstić information content (AvgIpc) is 1.72. The van der Waals surface area contributed by atoms with E-state index in [1.165, 1.54) is 0 Å². The highest BCUT2D eigenvalue weighted by atomic mass is 36.5. The van der Waals surface area contributed by atoms with Crippen LogP contribution in [0.4, 0.5) is 0 Å². The number of hydrogen-bond donors (Lipinski definition) is 0. The molecule has 0 atom stereocenters. The second-order valence-electron chi connectivity index (χ2n) is 0.810.